The molecule has 0 unspecified atom stereocenters. The molecule has 0 aliphatic heterocycles. The molecule has 0 heterocycles. The number of phenols is 1. The van der Waals surface area contributed by atoms with Gasteiger partial charge in [0.1, 0.15) is 12.0 Å². The molecular formula is C11H11BrO2. The number of hydrogen-bond acceptors (Lipinski definition) is 2. The molecular weight excluding hydrogens is 244 g/mol. The van der Waals surface area contributed by atoms with E-state index < -0.39 is 0 Å². The smallest absolute Gasteiger partial charge is 0.150 e. The highest BCUT2D eigenvalue weighted by Gasteiger charge is 2.08. The minimum atomic E-state index is 0.129. The van der Waals surface area contributed by atoms with Crippen LogP contribution in [0.15, 0.2) is 28.8 Å². The maximum Gasteiger partial charge on any atom is 0.150 e. The minimum absolute atomic E-state index is 0.129. The van der Waals surface area contributed by atoms with Gasteiger partial charge in [0.15, 0.2) is 0 Å². The van der Waals surface area contributed by atoms with Crippen molar-refractivity contribution in [3.63, 3.8) is 0 Å². The van der Waals surface area contributed by atoms with Gasteiger partial charge >= 0.3 is 0 Å². The van der Waals surface area contributed by atoms with Gasteiger partial charge in [-0.25, -0.2) is 0 Å². The second kappa shape index (κ2) is 4.42. The Bertz CT molecular complexity index is 360. The Morgan fingerprint density at radius 3 is 2.71 bits per heavy atom. The van der Waals surface area contributed by atoms with Gasteiger partial charge in [0.25, 0.3) is 0 Å². The summed E-state index contributed by atoms with van der Waals surface area (Å²) in [5, 5.41) is 9.62. The Labute approximate surface area is 91.4 Å². The van der Waals surface area contributed by atoms with Crippen molar-refractivity contribution in [3.8, 4) is 5.75 Å². The fourth-order valence-corrected chi connectivity index (χ4v) is 1.79. The summed E-state index contributed by atoms with van der Waals surface area (Å²) in [5.41, 5.74) is 2.18. The van der Waals surface area contributed by atoms with E-state index in [0.29, 0.717) is 18.3 Å². The SMILES string of the molecule is C=C(C)Cc1c(O)cc(C=O)cc1Br. The van der Waals surface area contributed by atoms with Gasteiger partial charge in [0.2, 0.25) is 0 Å². The monoisotopic (exact) mass is 254 g/mol. The molecule has 0 fully saturated rings. The van der Waals surface area contributed by atoms with E-state index >= 15 is 0 Å². The number of allylic oxidation sites excluding steroid dienone is 1. The van der Waals surface area contributed by atoms with Crippen molar-refractivity contribution in [1.82, 2.24) is 0 Å². The Hall–Kier alpha value is -1.09. The van der Waals surface area contributed by atoms with Crippen LogP contribution in [0.5, 0.6) is 5.75 Å². The second-order valence-electron chi connectivity index (χ2n) is 3.25. The molecule has 1 N–H and O–H groups in total. The molecule has 0 spiro atoms. The molecule has 0 aromatic heterocycles. The topological polar surface area (TPSA) is 37.3 Å². The molecule has 74 valence electrons. The fraction of sp³-hybridized carbons (Fsp3) is 0.182. The first-order valence-corrected chi connectivity index (χ1v) is 4.95. The first-order chi connectivity index (χ1) is 6.54. The van der Waals surface area contributed by atoms with E-state index in [2.05, 4.69) is 22.5 Å². The molecule has 3 heteroatoms. The largest absolute Gasteiger partial charge is 0.508 e. The molecule has 0 radical (unpaired) electrons. The molecule has 0 amide bonds. The molecule has 2 nitrogen and oxygen atoms in total. The van der Waals surface area contributed by atoms with Crippen LogP contribution in [0.1, 0.15) is 22.8 Å². The molecule has 0 saturated carbocycles. The van der Waals surface area contributed by atoms with Crippen LogP contribution < -0.4 is 0 Å². The van der Waals surface area contributed by atoms with Gasteiger partial charge in [-0.15, -0.1) is 0 Å². The molecule has 1 aromatic carbocycles. The molecule has 1 aromatic rings. The highest BCUT2D eigenvalue weighted by Crippen LogP contribution is 2.29. The Kier molecular flexibility index (Phi) is 3.47. The molecule has 0 bridgehead atoms. The molecule has 0 saturated heterocycles. The summed E-state index contributed by atoms with van der Waals surface area (Å²) in [6, 6.07) is 3.14. The number of phenolic OH excluding ortho intramolecular Hbond substituents is 1. The fourth-order valence-electron chi connectivity index (χ4n) is 1.19. The first kappa shape index (κ1) is 11.0. The van der Waals surface area contributed by atoms with Crippen LogP contribution in [-0.4, -0.2) is 11.4 Å². The van der Waals surface area contributed by atoms with Crippen LogP contribution in [-0.2, 0) is 6.42 Å². The van der Waals surface area contributed by atoms with E-state index in [1.165, 1.54) is 6.07 Å². The van der Waals surface area contributed by atoms with E-state index in [1.54, 1.807) is 6.07 Å². The molecule has 1 rings (SSSR count). The maximum absolute atomic E-state index is 10.5. The molecule has 14 heavy (non-hydrogen) atoms. The van der Waals surface area contributed by atoms with Gasteiger partial charge in [0, 0.05) is 15.6 Å². The van der Waals surface area contributed by atoms with Gasteiger partial charge in [-0.05, 0) is 25.5 Å². The zero-order valence-corrected chi connectivity index (χ0v) is 9.47. The Morgan fingerprint density at radius 1 is 1.64 bits per heavy atom. The lowest BCUT2D eigenvalue weighted by Gasteiger charge is -2.07. The van der Waals surface area contributed by atoms with Crippen molar-refractivity contribution >= 4 is 22.2 Å². The second-order valence-corrected chi connectivity index (χ2v) is 4.11. The van der Waals surface area contributed by atoms with Gasteiger partial charge < -0.3 is 5.11 Å². The van der Waals surface area contributed by atoms with E-state index in [4.69, 9.17) is 0 Å². The average Bonchev–Trinajstić information content (AvgIpc) is 2.10. The summed E-state index contributed by atoms with van der Waals surface area (Å²) in [7, 11) is 0. The minimum Gasteiger partial charge on any atom is -0.508 e. The molecule has 0 atom stereocenters. The summed E-state index contributed by atoms with van der Waals surface area (Å²) in [6.45, 7) is 5.66. The summed E-state index contributed by atoms with van der Waals surface area (Å²) in [5.74, 6) is 0.129. The highest BCUT2D eigenvalue weighted by molar-refractivity contribution is 9.10. The quantitative estimate of drug-likeness (QED) is 0.665. The van der Waals surface area contributed by atoms with Gasteiger partial charge in [-0.3, -0.25) is 4.79 Å². The lowest BCUT2D eigenvalue weighted by molar-refractivity contribution is 0.112. The first-order valence-electron chi connectivity index (χ1n) is 4.15. The van der Waals surface area contributed by atoms with Crippen LogP contribution in [0.2, 0.25) is 0 Å². The summed E-state index contributed by atoms with van der Waals surface area (Å²) >= 11 is 3.31. The van der Waals surface area contributed by atoms with Crippen molar-refractivity contribution in [3.05, 3.63) is 39.9 Å². The number of aldehydes is 1. The maximum atomic E-state index is 10.5. The number of rotatable bonds is 3. The Balaban J connectivity index is 3.17. The van der Waals surface area contributed by atoms with Gasteiger partial charge in [-0.1, -0.05) is 28.1 Å². The number of carbonyl (C=O) groups is 1. The lowest BCUT2D eigenvalue weighted by Crippen LogP contribution is -1.91. The van der Waals surface area contributed by atoms with Crippen molar-refractivity contribution in [2.45, 2.75) is 13.3 Å². The van der Waals surface area contributed by atoms with Crippen LogP contribution in [0, 0.1) is 0 Å². The standard InChI is InChI=1S/C11H11BrO2/c1-7(2)3-9-10(12)4-8(6-13)5-11(9)14/h4-6,14H,1,3H2,2H3. The average molecular weight is 255 g/mol. The molecule has 0 aliphatic carbocycles. The van der Waals surface area contributed by atoms with Crippen LogP contribution in [0.3, 0.4) is 0 Å². The highest BCUT2D eigenvalue weighted by atomic mass is 79.9. The van der Waals surface area contributed by atoms with E-state index in [9.17, 15) is 9.90 Å². The zero-order valence-electron chi connectivity index (χ0n) is 7.88. The Morgan fingerprint density at radius 2 is 2.29 bits per heavy atom. The summed E-state index contributed by atoms with van der Waals surface area (Å²) < 4.78 is 0.739. The number of benzene rings is 1. The predicted octanol–water partition coefficient (Wildman–Crippen LogP) is 3.09. The predicted molar refractivity (Wildman–Crippen MR) is 59.7 cm³/mol. The number of carbonyl (C=O) groups excluding carboxylic acids is 1. The van der Waals surface area contributed by atoms with Crippen LogP contribution in [0.4, 0.5) is 0 Å². The zero-order chi connectivity index (χ0) is 10.7. The van der Waals surface area contributed by atoms with Gasteiger partial charge in [-0.2, -0.15) is 0 Å². The van der Waals surface area contributed by atoms with Crippen molar-refractivity contribution in [2.75, 3.05) is 0 Å². The van der Waals surface area contributed by atoms with Crippen molar-refractivity contribution in [1.29, 1.82) is 0 Å². The third kappa shape index (κ3) is 2.45. The number of aromatic hydroxyl groups is 1. The normalized spacial score (nSPS) is 9.86. The van der Waals surface area contributed by atoms with E-state index in [1.807, 2.05) is 6.92 Å². The van der Waals surface area contributed by atoms with Crippen molar-refractivity contribution < 1.29 is 9.90 Å². The van der Waals surface area contributed by atoms with Crippen LogP contribution >= 0.6 is 15.9 Å². The number of hydrogen-bond donors (Lipinski definition) is 1. The van der Waals surface area contributed by atoms with E-state index in [0.717, 1.165) is 15.6 Å². The lowest BCUT2D eigenvalue weighted by atomic mass is 10.0. The number of halogens is 1. The molecule has 0 aliphatic rings. The van der Waals surface area contributed by atoms with E-state index in [-0.39, 0.29) is 5.75 Å². The van der Waals surface area contributed by atoms with Crippen LogP contribution in [0.25, 0.3) is 0 Å². The summed E-state index contributed by atoms with van der Waals surface area (Å²) in [6.07, 6.45) is 1.31. The third-order valence-electron chi connectivity index (χ3n) is 1.81. The third-order valence-corrected chi connectivity index (χ3v) is 2.52. The summed E-state index contributed by atoms with van der Waals surface area (Å²) in [4.78, 5) is 10.5. The van der Waals surface area contributed by atoms with Crippen molar-refractivity contribution in [2.24, 2.45) is 0 Å². The van der Waals surface area contributed by atoms with Gasteiger partial charge in [0.05, 0.1) is 0 Å².